The minimum absolute atomic E-state index is 0.0188. The molecule has 1 heterocycles. The fraction of sp³-hybridized carbons (Fsp3) is 0.852. The molecule has 5 fully saturated rings. The largest absolute Gasteiger partial charge is 0.462 e. The molecule has 6 aliphatic rings. The standard InChI is InChI=1S/C27H38O4/c1-15-6-7-20(30)31-17-13-25(5)22-16(28)12-18-23(2,3)19(29)8-9-26(18)14-27(22,26)11-10-24(25,4)21(15)17/h8-9,15-18,21-22,28H,6-7,10-14H2,1-5H3/t15-,16+,17-,18+,21+,22+,24-,25+,26-,27+/m0/s1. The number of ether oxygens (including phenoxy) is 1. The number of hydrogen-bond donors (Lipinski definition) is 1. The molecule has 0 unspecified atom stereocenters. The van der Waals surface area contributed by atoms with Crippen LogP contribution >= 0.6 is 0 Å². The van der Waals surface area contributed by atoms with Gasteiger partial charge in [-0.05, 0) is 84.0 Å². The summed E-state index contributed by atoms with van der Waals surface area (Å²) >= 11 is 0. The molecule has 4 heteroatoms. The lowest BCUT2D eigenvalue weighted by atomic mass is 9.42. The Morgan fingerprint density at radius 3 is 2.58 bits per heavy atom. The summed E-state index contributed by atoms with van der Waals surface area (Å²) in [6.07, 6.45) is 10.1. The van der Waals surface area contributed by atoms with Crippen molar-refractivity contribution in [2.24, 2.45) is 50.7 Å². The van der Waals surface area contributed by atoms with E-state index in [0.29, 0.717) is 24.7 Å². The van der Waals surface area contributed by atoms with Crippen LogP contribution in [-0.4, -0.2) is 29.1 Å². The van der Waals surface area contributed by atoms with Crippen LogP contribution in [0, 0.1) is 50.7 Å². The third kappa shape index (κ3) is 2.08. The number of carbonyl (C=O) groups excluding carboxylic acids is 2. The summed E-state index contributed by atoms with van der Waals surface area (Å²) in [6.45, 7) is 11.3. The molecule has 0 aromatic carbocycles. The summed E-state index contributed by atoms with van der Waals surface area (Å²) in [4.78, 5) is 25.1. The highest BCUT2D eigenvalue weighted by atomic mass is 16.5. The SMILES string of the molecule is C[C@H]1CCC(=O)O[C@H]2C[C@]3(C)[C@H]4[C@H](O)C[C@@H]5C(C)(C)C(=O)C=C[C@]56C[C@]46CC[C@@]3(C)[C@@H]21. The highest BCUT2D eigenvalue weighted by molar-refractivity contribution is 5.96. The van der Waals surface area contributed by atoms with Crippen LogP contribution in [-0.2, 0) is 14.3 Å². The lowest BCUT2D eigenvalue weighted by Crippen LogP contribution is -2.60. The molecule has 2 spiro atoms. The minimum atomic E-state index is -0.405. The zero-order chi connectivity index (χ0) is 22.2. The van der Waals surface area contributed by atoms with Crippen molar-refractivity contribution >= 4 is 11.8 Å². The molecule has 5 aliphatic carbocycles. The van der Waals surface area contributed by atoms with E-state index in [0.717, 1.165) is 32.1 Å². The average Bonchev–Trinajstić information content (AvgIpc) is 3.30. The lowest BCUT2D eigenvalue weighted by molar-refractivity contribution is -0.177. The van der Waals surface area contributed by atoms with E-state index >= 15 is 0 Å². The zero-order valence-electron chi connectivity index (χ0n) is 19.7. The van der Waals surface area contributed by atoms with Gasteiger partial charge in [0, 0.05) is 17.8 Å². The van der Waals surface area contributed by atoms with E-state index in [1.807, 2.05) is 6.08 Å². The topological polar surface area (TPSA) is 63.6 Å². The van der Waals surface area contributed by atoms with Gasteiger partial charge in [-0.15, -0.1) is 0 Å². The quantitative estimate of drug-likeness (QED) is 0.571. The Morgan fingerprint density at radius 2 is 1.84 bits per heavy atom. The van der Waals surface area contributed by atoms with Gasteiger partial charge in [0.15, 0.2) is 5.78 Å². The Labute approximate surface area is 186 Å². The first-order valence-corrected chi connectivity index (χ1v) is 12.5. The number of rotatable bonds is 0. The Morgan fingerprint density at radius 1 is 1.10 bits per heavy atom. The second-order valence-corrected chi connectivity index (χ2v) is 13.2. The Balaban J connectivity index is 1.46. The van der Waals surface area contributed by atoms with Crippen LogP contribution in [0.1, 0.15) is 79.6 Å². The van der Waals surface area contributed by atoms with Crippen molar-refractivity contribution in [1.82, 2.24) is 0 Å². The van der Waals surface area contributed by atoms with Gasteiger partial charge in [-0.3, -0.25) is 9.59 Å². The van der Waals surface area contributed by atoms with Crippen LogP contribution in [0.4, 0.5) is 0 Å². The Kier molecular flexibility index (Phi) is 3.73. The lowest BCUT2D eigenvalue weighted by Gasteiger charge is -2.62. The summed E-state index contributed by atoms with van der Waals surface area (Å²) in [7, 11) is 0. The van der Waals surface area contributed by atoms with E-state index in [1.54, 1.807) is 0 Å². The first-order chi connectivity index (χ1) is 14.4. The highest BCUT2D eigenvalue weighted by Gasteiger charge is 2.84. The number of esters is 1. The molecule has 170 valence electrons. The predicted molar refractivity (Wildman–Crippen MR) is 117 cm³/mol. The maximum absolute atomic E-state index is 12.7. The van der Waals surface area contributed by atoms with Crippen molar-refractivity contribution in [3.05, 3.63) is 12.2 Å². The van der Waals surface area contributed by atoms with Crippen molar-refractivity contribution in [2.45, 2.75) is 91.8 Å². The molecule has 0 radical (unpaired) electrons. The van der Waals surface area contributed by atoms with E-state index in [4.69, 9.17) is 4.74 Å². The van der Waals surface area contributed by atoms with Gasteiger partial charge in [0.1, 0.15) is 6.10 Å². The molecular formula is C27H38O4. The van der Waals surface area contributed by atoms with Gasteiger partial charge in [-0.25, -0.2) is 0 Å². The summed E-state index contributed by atoms with van der Waals surface area (Å²) in [5, 5.41) is 11.7. The molecule has 0 aromatic rings. The average molecular weight is 427 g/mol. The van der Waals surface area contributed by atoms with Crippen molar-refractivity contribution in [1.29, 1.82) is 0 Å². The van der Waals surface area contributed by atoms with Crippen LogP contribution in [0.2, 0.25) is 0 Å². The van der Waals surface area contributed by atoms with Crippen molar-refractivity contribution in [3.63, 3.8) is 0 Å². The van der Waals surface area contributed by atoms with Crippen molar-refractivity contribution in [3.8, 4) is 0 Å². The van der Waals surface area contributed by atoms with E-state index in [9.17, 15) is 14.7 Å². The van der Waals surface area contributed by atoms with Gasteiger partial charge >= 0.3 is 5.97 Å². The maximum atomic E-state index is 12.7. The number of allylic oxidation sites excluding steroid dienone is 2. The van der Waals surface area contributed by atoms with Crippen molar-refractivity contribution in [2.75, 3.05) is 0 Å². The van der Waals surface area contributed by atoms with Crippen LogP contribution in [0.3, 0.4) is 0 Å². The molecule has 31 heavy (non-hydrogen) atoms. The first kappa shape index (κ1) is 20.4. The molecule has 10 atom stereocenters. The molecule has 6 rings (SSSR count). The van der Waals surface area contributed by atoms with Gasteiger partial charge in [-0.1, -0.05) is 40.7 Å². The smallest absolute Gasteiger partial charge is 0.306 e. The van der Waals surface area contributed by atoms with Gasteiger partial charge in [0.2, 0.25) is 0 Å². The highest BCUT2D eigenvalue weighted by Crippen LogP contribution is 2.88. The number of carbonyl (C=O) groups is 2. The molecule has 0 bridgehead atoms. The van der Waals surface area contributed by atoms with Crippen molar-refractivity contribution < 1.29 is 19.4 Å². The number of ketones is 1. The molecule has 4 saturated carbocycles. The number of fused-ring (bicyclic) bond motifs is 4. The fourth-order valence-electron chi connectivity index (χ4n) is 10.6. The summed E-state index contributed by atoms with van der Waals surface area (Å²) in [5.41, 5.74) is -0.239. The molecule has 1 aliphatic heterocycles. The Bertz CT molecular complexity index is 905. The second kappa shape index (κ2) is 5.66. The minimum Gasteiger partial charge on any atom is -0.462 e. The third-order valence-corrected chi connectivity index (χ3v) is 12.1. The van der Waals surface area contributed by atoms with Gasteiger partial charge in [-0.2, -0.15) is 0 Å². The first-order valence-electron chi connectivity index (χ1n) is 12.5. The normalized spacial score (nSPS) is 58.8. The molecule has 1 saturated heterocycles. The molecule has 0 aromatic heterocycles. The molecule has 1 N–H and O–H groups in total. The van der Waals surface area contributed by atoms with E-state index in [2.05, 4.69) is 40.7 Å². The monoisotopic (exact) mass is 426 g/mol. The predicted octanol–water partition coefficient (Wildman–Crippen LogP) is 4.69. The van der Waals surface area contributed by atoms with E-state index < -0.39 is 11.5 Å². The number of hydrogen-bond acceptors (Lipinski definition) is 4. The zero-order valence-corrected chi connectivity index (χ0v) is 19.7. The van der Waals surface area contributed by atoms with Gasteiger partial charge < -0.3 is 9.84 Å². The van der Waals surface area contributed by atoms with Gasteiger partial charge in [0.25, 0.3) is 0 Å². The van der Waals surface area contributed by atoms with E-state index in [-0.39, 0.29) is 51.4 Å². The summed E-state index contributed by atoms with van der Waals surface area (Å²) in [5.74, 6) is 1.45. The van der Waals surface area contributed by atoms with Gasteiger partial charge in [0.05, 0.1) is 6.10 Å². The van der Waals surface area contributed by atoms with Crippen LogP contribution in [0.5, 0.6) is 0 Å². The van der Waals surface area contributed by atoms with E-state index in [1.165, 1.54) is 0 Å². The van der Waals surface area contributed by atoms with Crippen LogP contribution in [0.15, 0.2) is 12.2 Å². The third-order valence-electron chi connectivity index (χ3n) is 12.1. The fourth-order valence-corrected chi connectivity index (χ4v) is 10.6. The van der Waals surface area contributed by atoms with Crippen LogP contribution < -0.4 is 0 Å². The number of aliphatic hydroxyl groups is 1. The maximum Gasteiger partial charge on any atom is 0.306 e. The van der Waals surface area contributed by atoms with Crippen LogP contribution in [0.25, 0.3) is 0 Å². The molecule has 4 nitrogen and oxygen atoms in total. The summed E-state index contributed by atoms with van der Waals surface area (Å²) < 4.78 is 6.06. The molecular weight excluding hydrogens is 388 g/mol. The second-order valence-electron chi connectivity index (χ2n) is 13.2. The molecule has 0 amide bonds. The summed E-state index contributed by atoms with van der Waals surface area (Å²) in [6, 6.07) is 0. The Hall–Kier alpha value is -1.16. The number of aliphatic hydroxyl groups excluding tert-OH is 1.